The summed E-state index contributed by atoms with van der Waals surface area (Å²) in [6.07, 6.45) is 3.17. The number of primary amides is 1. The van der Waals surface area contributed by atoms with Crippen molar-refractivity contribution in [2.45, 2.75) is 104 Å². The molecule has 8 heteroatoms. The van der Waals surface area contributed by atoms with Gasteiger partial charge in [-0.1, -0.05) is 59.5 Å². The third-order valence-corrected chi connectivity index (χ3v) is 11.1. The van der Waals surface area contributed by atoms with Crippen molar-refractivity contribution in [3.63, 3.8) is 0 Å². The maximum absolute atomic E-state index is 14.5. The zero-order valence-corrected chi connectivity index (χ0v) is 26.0. The molecule has 0 spiro atoms. The van der Waals surface area contributed by atoms with Gasteiger partial charge in [-0.15, -0.1) is 0 Å². The molecule has 8 atom stereocenters. The fourth-order valence-electron chi connectivity index (χ4n) is 9.34. The Morgan fingerprint density at radius 1 is 1.09 bits per heavy atom. The molecule has 2 saturated carbocycles. The molecular weight excluding hydrogens is 546 g/mol. The lowest BCUT2D eigenvalue weighted by molar-refractivity contribution is -0.265. The van der Waals surface area contributed by atoms with Gasteiger partial charge in [0.15, 0.2) is 17.2 Å². The van der Waals surface area contributed by atoms with E-state index in [2.05, 4.69) is 17.9 Å². The lowest BCUT2D eigenvalue weighted by atomic mass is 9.39. The number of phenolic OH excluding ortho intramolecular Hbond substituents is 1. The van der Waals surface area contributed by atoms with Gasteiger partial charge >= 0.3 is 0 Å². The van der Waals surface area contributed by atoms with Gasteiger partial charge in [0.2, 0.25) is 5.91 Å². The molecule has 0 aliphatic heterocycles. The van der Waals surface area contributed by atoms with Crippen molar-refractivity contribution < 1.29 is 34.8 Å². The van der Waals surface area contributed by atoms with Crippen molar-refractivity contribution in [1.82, 2.24) is 0 Å². The van der Waals surface area contributed by atoms with E-state index in [1.165, 1.54) is 0 Å². The van der Waals surface area contributed by atoms with E-state index >= 15 is 0 Å². The van der Waals surface area contributed by atoms with Gasteiger partial charge in [-0.3, -0.25) is 14.4 Å². The van der Waals surface area contributed by atoms with Gasteiger partial charge in [0.25, 0.3) is 0 Å². The van der Waals surface area contributed by atoms with Gasteiger partial charge in [-0.05, 0) is 84.5 Å². The minimum atomic E-state index is -2.53. The highest BCUT2D eigenvalue weighted by Gasteiger charge is 2.76. The molecule has 8 nitrogen and oxygen atoms in total. The summed E-state index contributed by atoms with van der Waals surface area (Å²) in [5.74, 6) is -0.790. The molecular formula is C35H45NO7. The van der Waals surface area contributed by atoms with E-state index in [-0.39, 0.29) is 29.6 Å². The number of hydrogen-bond acceptors (Lipinski definition) is 7. The van der Waals surface area contributed by atoms with E-state index in [0.29, 0.717) is 17.5 Å². The number of rotatable bonds is 3. The summed E-state index contributed by atoms with van der Waals surface area (Å²) in [6, 6.07) is 1.85. The molecule has 0 saturated heterocycles. The van der Waals surface area contributed by atoms with Crippen molar-refractivity contribution in [1.29, 1.82) is 0 Å². The first-order valence-corrected chi connectivity index (χ1v) is 15.6. The molecule has 0 radical (unpaired) electrons. The highest BCUT2D eigenvalue weighted by Crippen LogP contribution is 2.66. The number of carbonyl (C=O) groups excluding carboxylic acids is 3. The highest BCUT2D eigenvalue weighted by atomic mass is 16.4. The largest absolute Gasteiger partial charge is 0.506 e. The molecule has 0 heterocycles. The van der Waals surface area contributed by atoms with Crippen molar-refractivity contribution in [3.8, 4) is 17.6 Å². The zero-order valence-electron chi connectivity index (χ0n) is 26.0. The Hall–Kier alpha value is -2.99. The smallest absolute Gasteiger partial charge is 0.230 e. The maximum Gasteiger partial charge on any atom is 0.230 e. The second kappa shape index (κ2) is 10.6. The molecule has 5 rings (SSSR count). The third-order valence-electron chi connectivity index (χ3n) is 11.1. The van der Waals surface area contributed by atoms with Gasteiger partial charge in [0.05, 0.1) is 23.1 Å². The molecule has 1 amide bonds. The van der Waals surface area contributed by atoms with Gasteiger partial charge in [0.1, 0.15) is 17.8 Å². The van der Waals surface area contributed by atoms with Crippen LogP contribution in [-0.2, 0) is 16.0 Å². The van der Waals surface area contributed by atoms with Crippen LogP contribution in [0.3, 0.4) is 0 Å². The Labute approximate surface area is 253 Å². The van der Waals surface area contributed by atoms with E-state index in [0.717, 1.165) is 36.8 Å². The Balaban J connectivity index is 1.70. The van der Waals surface area contributed by atoms with Gasteiger partial charge in [-0.25, -0.2) is 0 Å². The standard InChI is InChI=1S/C35H45NO7/c1-17(2)21-14-20(13-12-19-10-8-7-9-11-19)27(37)23-22(21)15-33(5)16-34(6)25(18(3)4)29(39)24(32(36)42)30(40)35(34,43)31(41)26(33)28(23)38/h10,14,17-18,24-26,29,31,37,39,41,43H,7-9,11,15-16H2,1-6H3,(H2,36,42)/t24-,25+,26-,29?,31?,33-,34-,35+/m1/s1. The van der Waals surface area contributed by atoms with Crippen LogP contribution in [0.15, 0.2) is 17.7 Å². The number of fused-ring (bicyclic) bond motifs is 3. The van der Waals surface area contributed by atoms with Gasteiger partial charge in [0, 0.05) is 5.41 Å². The van der Waals surface area contributed by atoms with Crippen molar-refractivity contribution in [3.05, 3.63) is 40.0 Å². The lowest BCUT2D eigenvalue weighted by Crippen LogP contribution is -2.79. The number of allylic oxidation sites excluding steroid dienone is 2. The lowest BCUT2D eigenvalue weighted by Gasteiger charge is -2.66. The van der Waals surface area contributed by atoms with Crippen LogP contribution in [-0.4, -0.2) is 55.7 Å². The van der Waals surface area contributed by atoms with Crippen LogP contribution in [0, 0.1) is 46.3 Å². The minimum Gasteiger partial charge on any atom is -0.506 e. The Kier molecular flexibility index (Phi) is 7.73. The molecule has 0 bridgehead atoms. The number of aliphatic hydroxyl groups excluding tert-OH is 2. The number of Topliss-reactive ketones (excluding diaryl/α,β-unsaturated/α-hetero) is 2. The Morgan fingerprint density at radius 3 is 2.33 bits per heavy atom. The van der Waals surface area contributed by atoms with E-state index < -0.39 is 63.9 Å². The summed E-state index contributed by atoms with van der Waals surface area (Å²) in [5, 5.41) is 47.2. The first kappa shape index (κ1) is 31.4. The quantitative estimate of drug-likeness (QED) is 0.266. The highest BCUT2D eigenvalue weighted by molar-refractivity contribution is 6.09. The second-order valence-corrected chi connectivity index (χ2v) is 14.6. The summed E-state index contributed by atoms with van der Waals surface area (Å²) in [4.78, 5) is 40.8. The summed E-state index contributed by atoms with van der Waals surface area (Å²) < 4.78 is 0. The number of benzene rings is 1. The fourth-order valence-corrected chi connectivity index (χ4v) is 9.34. The number of hydrogen-bond donors (Lipinski definition) is 5. The molecule has 232 valence electrons. The van der Waals surface area contributed by atoms with E-state index in [4.69, 9.17) is 5.73 Å². The first-order valence-electron chi connectivity index (χ1n) is 15.6. The molecule has 2 fully saturated rings. The normalized spacial score (nSPS) is 37.2. The summed E-state index contributed by atoms with van der Waals surface area (Å²) in [6.45, 7) is 11.2. The topological polar surface area (TPSA) is 158 Å². The summed E-state index contributed by atoms with van der Waals surface area (Å²) in [5.41, 5.74) is 3.66. The number of carbonyl (C=O) groups is 3. The molecule has 1 aromatic carbocycles. The number of aromatic hydroxyl groups is 1. The molecule has 0 aromatic heterocycles. The van der Waals surface area contributed by atoms with Crippen LogP contribution in [0.25, 0.3) is 0 Å². The van der Waals surface area contributed by atoms with E-state index in [9.17, 15) is 34.8 Å². The minimum absolute atomic E-state index is 0.00408. The number of amides is 1. The second-order valence-electron chi connectivity index (χ2n) is 14.6. The zero-order chi connectivity index (χ0) is 31.8. The number of nitrogens with two attached hydrogens (primary N) is 1. The number of ketones is 2. The Morgan fingerprint density at radius 2 is 1.77 bits per heavy atom. The average molecular weight is 592 g/mol. The van der Waals surface area contributed by atoms with Crippen molar-refractivity contribution in [2.24, 2.45) is 40.2 Å². The first-order chi connectivity index (χ1) is 20.0. The Bertz CT molecular complexity index is 1480. The molecule has 1 aromatic rings. The number of phenols is 1. The third kappa shape index (κ3) is 4.42. The number of aliphatic hydroxyl groups is 3. The van der Waals surface area contributed by atoms with Crippen molar-refractivity contribution in [2.75, 3.05) is 0 Å². The predicted molar refractivity (Wildman–Crippen MR) is 161 cm³/mol. The average Bonchev–Trinajstić information content (AvgIpc) is 2.90. The molecule has 2 unspecified atom stereocenters. The van der Waals surface area contributed by atoms with Crippen LogP contribution in [0.1, 0.15) is 107 Å². The van der Waals surface area contributed by atoms with Crippen LogP contribution in [0.5, 0.6) is 5.75 Å². The predicted octanol–water partition coefficient (Wildman–Crippen LogP) is 3.55. The van der Waals surface area contributed by atoms with E-state index in [1.807, 2.05) is 40.7 Å². The van der Waals surface area contributed by atoms with Crippen LogP contribution >= 0.6 is 0 Å². The van der Waals surface area contributed by atoms with Crippen LogP contribution < -0.4 is 5.73 Å². The van der Waals surface area contributed by atoms with Crippen LogP contribution in [0.4, 0.5) is 0 Å². The monoisotopic (exact) mass is 591 g/mol. The molecule has 4 aliphatic rings. The van der Waals surface area contributed by atoms with Crippen molar-refractivity contribution >= 4 is 17.5 Å². The SMILES string of the molecule is CC(C)c1cc(C#CC2=CCCCC2)c(O)c2c1C[C@]1(C)C[C@]3(C)[C@@H](C(C)C)C(O)[C@@H](C(N)=O)C(=O)[C@]3(O)C(O)[C@H]1C2=O. The molecule has 6 N–H and O–H groups in total. The fraction of sp³-hybridized carbons (Fsp3) is 0.629. The maximum atomic E-state index is 14.5. The molecule has 43 heavy (non-hydrogen) atoms. The van der Waals surface area contributed by atoms with Gasteiger partial charge in [-0.2, -0.15) is 0 Å². The molecule has 4 aliphatic carbocycles. The summed E-state index contributed by atoms with van der Waals surface area (Å²) >= 11 is 0. The van der Waals surface area contributed by atoms with E-state index in [1.54, 1.807) is 6.92 Å². The van der Waals surface area contributed by atoms with Gasteiger partial charge < -0.3 is 26.2 Å². The summed E-state index contributed by atoms with van der Waals surface area (Å²) in [7, 11) is 0. The van der Waals surface area contributed by atoms with Crippen LogP contribution in [0.2, 0.25) is 0 Å².